The summed E-state index contributed by atoms with van der Waals surface area (Å²) < 4.78 is 32.8. The number of ether oxygens (including phenoxy) is 1. The number of halogens is 2. The van der Waals surface area contributed by atoms with Gasteiger partial charge in [-0.2, -0.15) is 5.26 Å². The lowest BCUT2D eigenvalue weighted by Gasteiger charge is -2.36. The quantitative estimate of drug-likeness (QED) is 0.648. The second-order valence-electron chi connectivity index (χ2n) is 10.4. The Labute approximate surface area is 219 Å². The van der Waals surface area contributed by atoms with Gasteiger partial charge in [0, 0.05) is 49.9 Å². The van der Waals surface area contributed by atoms with Crippen LogP contribution in [0.4, 0.5) is 19.3 Å². The van der Waals surface area contributed by atoms with Crippen molar-refractivity contribution < 1.29 is 27.9 Å². The van der Waals surface area contributed by atoms with E-state index in [1.165, 1.54) is 12.3 Å². The van der Waals surface area contributed by atoms with Gasteiger partial charge >= 0.3 is 6.09 Å². The SMILES string of the molecule is CC(C)(C)OC(=O)N1CCN(c2ccc3nccc(C(=O)NCC(=O)N4CC(F)(F)C[C@H]4C#N)c3c2)CC1. The summed E-state index contributed by atoms with van der Waals surface area (Å²) in [4.78, 5) is 46.7. The smallest absolute Gasteiger partial charge is 0.410 e. The Kier molecular flexibility index (Phi) is 7.40. The summed E-state index contributed by atoms with van der Waals surface area (Å²) in [5.74, 6) is -4.43. The minimum atomic E-state index is -3.13. The van der Waals surface area contributed by atoms with Crippen LogP contribution in [0.1, 0.15) is 37.6 Å². The van der Waals surface area contributed by atoms with Crippen LogP contribution < -0.4 is 10.2 Å². The number of nitriles is 1. The van der Waals surface area contributed by atoms with Crippen molar-refractivity contribution in [2.45, 2.75) is 44.8 Å². The summed E-state index contributed by atoms with van der Waals surface area (Å²) in [6.07, 6.45) is 0.407. The van der Waals surface area contributed by atoms with Crippen molar-refractivity contribution in [2.24, 2.45) is 0 Å². The van der Waals surface area contributed by atoms with Crippen LogP contribution in [0.2, 0.25) is 0 Å². The highest BCUT2D eigenvalue weighted by atomic mass is 19.3. The third kappa shape index (κ3) is 6.10. The lowest BCUT2D eigenvalue weighted by molar-refractivity contribution is -0.131. The maximum Gasteiger partial charge on any atom is 0.410 e. The number of carbonyl (C=O) groups excluding carboxylic acids is 3. The number of benzene rings is 1. The Balaban J connectivity index is 1.43. The number of nitrogens with zero attached hydrogens (tertiary/aromatic N) is 5. The molecule has 2 aromatic rings. The van der Waals surface area contributed by atoms with Crippen molar-refractivity contribution in [3.8, 4) is 6.07 Å². The van der Waals surface area contributed by atoms with Gasteiger partial charge in [-0.05, 0) is 45.0 Å². The second-order valence-corrected chi connectivity index (χ2v) is 10.4. The maximum atomic E-state index is 13.7. The number of aromatic nitrogens is 1. The summed E-state index contributed by atoms with van der Waals surface area (Å²) >= 11 is 0. The number of alkyl halides is 2. The molecule has 0 aliphatic carbocycles. The minimum Gasteiger partial charge on any atom is -0.444 e. The van der Waals surface area contributed by atoms with E-state index in [1.807, 2.05) is 32.9 Å². The van der Waals surface area contributed by atoms with Crippen LogP contribution in [0.5, 0.6) is 0 Å². The number of nitrogens with one attached hydrogen (secondary N) is 1. The fraction of sp³-hybridized carbons (Fsp3) is 0.500. The van der Waals surface area contributed by atoms with Gasteiger partial charge in [-0.15, -0.1) is 0 Å². The van der Waals surface area contributed by atoms with E-state index in [1.54, 1.807) is 17.0 Å². The summed E-state index contributed by atoms with van der Waals surface area (Å²) in [7, 11) is 0. The molecule has 2 aliphatic rings. The zero-order valence-electron chi connectivity index (χ0n) is 21.5. The molecule has 2 saturated heterocycles. The monoisotopic (exact) mass is 528 g/mol. The largest absolute Gasteiger partial charge is 0.444 e. The Morgan fingerprint density at radius 2 is 1.89 bits per heavy atom. The van der Waals surface area contributed by atoms with Crippen LogP contribution in [0, 0.1) is 11.3 Å². The van der Waals surface area contributed by atoms with E-state index in [9.17, 15) is 23.2 Å². The van der Waals surface area contributed by atoms with E-state index in [0.717, 1.165) is 10.6 Å². The molecular formula is C26H30F2N6O4. The van der Waals surface area contributed by atoms with Gasteiger partial charge in [-0.25, -0.2) is 13.6 Å². The third-order valence-electron chi connectivity index (χ3n) is 6.41. The number of piperazine rings is 1. The fourth-order valence-corrected chi connectivity index (χ4v) is 4.55. The second kappa shape index (κ2) is 10.4. The average Bonchev–Trinajstić information content (AvgIpc) is 3.20. The molecule has 3 amide bonds. The van der Waals surface area contributed by atoms with Gasteiger partial charge in [0.1, 0.15) is 11.6 Å². The maximum absolute atomic E-state index is 13.7. The predicted molar refractivity (Wildman–Crippen MR) is 135 cm³/mol. The van der Waals surface area contributed by atoms with E-state index < -0.39 is 48.9 Å². The molecule has 1 aromatic carbocycles. The molecule has 0 spiro atoms. The van der Waals surface area contributed by atoms with Crippen molar-refractivity contribution >= 4 is 34.5 Å². The minimum absolute atomic E-state index is 0.278. The number of pyridine rings is 1. The van der Waals surface area contributed by atoms with Crippen LogP contribution in [0.15, 0.2) is 30.5 Å². The molecule has 0 unspecified atom stereocenters. The number of anilines is 1. The van der Waals surface area contributed by atoms with E-state index in [-0.39, 0.29) is 11.7 Å². The van der Waals surface area contributed by atoms with Gasteiger partial charge in [0.15, 0.2) is 0 Å². The van der Waals surface area contributed by atoms with Crippen LogP contribution in [0.3, 0.4) is 0 Å². The Bertz CT molecular complexity index is 1280. The summed E-state index contributed by atoms with van der Waals surface area (Å²) in [5.41, 5.74) is 1.12. The van der Waals surface area contributed by atoms with Gasteiger partial charge in [0.05, 0.1) is 30.2 Å². The van der Waals surface area contributed by atoms with Gasteiger partial charge in [-0.3, -0.25) is 14.6 Å². The van der Waals surface area contributed by atoms with E-state index in [0.29, 0.717) is 37.1 Å². The molecule has 4 rings (SSSR count). The number of hydrogen-bond acceptors (Lipinski definition) is 7. The highest BCUT2D eigenvalue weighted by molar-refractivity contribution is 6.07. The van der Waals surface area contributed by atoms with Crippen LogP contribution in [-0.2, 0) is 9.53 Å². The summed E-state index contributed by atoms with van der Waals surface area (Å²) in [6, 6.07) is 7.52. The van der Waals surface area contributed by atoms with Crippen molar-refractivity contribution in [2.75, 3.05) is 44.2 Å². The highest BCUT2D eigenvalue weighted by Gasteiger charge is 2.47. The first-order valence-corrected chi connectivity index (χ1v) is 12.3. The molecule has 1 atom stereocenters. The Morgan fingerprint density at radius 3 is 2.55 bits per heavy atom. The molecule has 2 fully saturated rings. The average molecular weight is 529 g/mol. The van der Waals surface area contributed by atoms with E-state index in [2.05, 4.69) is 15.2 Å². The van der Waals surface area contributed by atoms with E-state index >= 15 is 0 Å². The molecule has 3 heterocycles. The molecule has 10 nitrogen and oxygen atoms in total. The molecule has 0 bridgehead atoms. The lowest BCUT2D eigenvalue weighted by atomic mass is 10.1. The molecule has 202 valence electrons. The van der Waals surface area contributed by atoms with E-state index in [4.69, 9.17) is 10.00 Å². The van der Waals surface area contributed by atoms with Crippen molar-refractivity contribution in [1.29, 1.82) is 5.26 Å². The first kappa shape index (κ1) is 27.0. The Morgan fingerprint density at radius 1 is 1.18 bits per heavy atom. The zero-order valence-corrected chi connectivity index (χ0v) is 21.5. The summed E-state index contributed by atoms with van der Waals surface area (Å²) in [5, 5.41) is 12.2. The normalized spacial score (nSPS) is 19.3. The van der Waals surface area contributed by atoms with Crippen molar-refractivity contribution in [3.63, 3.8) is 0 Å². The predicted octanol–water partition coefficient (Wildman–Crippen LogP) is 2.78. The first-order chi connectivity index (χ1) is 17.9. The number of amides is 3. The summed E-state index contributed by atoms with van der Waals surface area (Å²) in [6.45, 7) is 6.21. The van der Waals surface area contributed by atoms with Gasteiger partial charge in [0.25, 0.3) is 11.8 Å². The first-order valence-electron chi connectivity index (χ1n) is 12.3. The molecule has 0 radical (unpaired) electrons. The molecule has 1 aromatic heterocycles. The van der Waals surface area contributed by atoms with Crippen LogP contribution in [-0.4, -0.2) is 89.5 Å². The fourth-order valence-electron chi connectivity index (χ4n) is 4.55. The lowest BCUT2D eigenvalue weighted by Crippen LogP contribution is -2.50. The number of fused-ring (bicyclic) bond motifs is 1. The number of carbonyl (C=O) groups is 3. The topological polar surface area (TPSA) is 119 Å². The molecular weight excluding hydrogens is 498 g/mol. The number of hydrogen-bond donors (Lipinski definition) is 1. The van der Waals surface area contributed by atoms with Crippen molar-refractivity contribution in [3.05, 3.63) is 36.0 Å². The third-order valence-corrected chi connectivity index (χ3v) is 6.41. The molecule has 2 aliphatic heterocycles. The molecule has 38 heavy (non-hydrogen) atoms. The molecule has 12 heteroatoms. The van der Waals surface area contributed by atoms with Gasteiger partial charge in [0.2, 0.25) is 5.91 Å². The van der Waals surface area contributed by atoms with Gasteiger partial charge < -0.3 is 24.8 Å². The molecule has 0 saturated carbocycles. The number of likely N-dealkylation sites (tertiary alicyclic amines) is 1. The van der Waals surface area contributed by atoms with Crippen LogP contribution in [0.25, 0.3) is 10.9 Å². The standard InChI is InChI=1S/C26H30F2N6O4/c1-25(2,3)38-24(37)33-10-8-32(9-11-33)17-4-5-21-20(12-17)19(6-7-30-21)23(36)31-15-22(35)34-16-26(27,28)13-18(34)14-29/h4-7,12,18H,8-11,13,15-16H2,1-3H3,(H,31,36)/t18-/m0/s1. The van der Waals surface area contributed by atoms with Crippen molar-refractivity contribution in [1.82, 2.24) is 20.1 Å². The molecule has 1 N–H and O–H groups in total. The number of rotatable bonds is 4. The zero-order chi connectivity index (χ0) is 27.7. The van der Waals surface area contributed by atoms with Gasteiger partial charge in [-0.1, -0.05) is 0 Å². The Hall–Kier alpha value is -4.01. The van der Waals surface area contributed by atoms with Crippen LogP contribution >= 0.6 is 0 Å². The highest BCUT2D eigenvalue weighted by Crippen LogP contribution is 2.31.